The molecule has 18 heavy (non-hydrogen) atoms. The summed E-state index contributed by atoms with van der Waals surface area (Å²) in [5.74, 6) is 1.72. The minimum atomic E-state index is 0.00461. The number of ether oxygens (including phenoxy) is 3. The topological polar surface area (TPSA) is 75.3 Å². The summed E-state index contributed by atoms with van der Waals surface area (Å²) in [5.41, 5.74) is 0.616. The Hall–Kier alpha value is -2.66. The van der Waals surface area contributed by atoms with Gasteiger partial charge in [-0.2, -0.15) is 10.5 Å². The van der Waals surface area contributed by atoms with Crippen molar-refractivity contribution in [2.75, 3.05) is 20.3 Å². The summed E-state index contributed by atoms with van der Waals surface area (Å²) in [6.07, 6.45) is 1.46. The number of methoxy groups -OCH3 is 1. The number of hydrogen-bond donors (Lipinski definition) is 0. The Bertz CT molecular complexity index is 563. The van der Waals surface area contributed by atoms with Gasteiger partial charge in [-0.25, -0.2) is 0 Å². The number of fused-ring (bicyclic) bond motifs is 1. The lowest BCUT2D eigenvalue weighted by Crippen LogP contribution is -2.15. The largest absolute Gasteiger partial charge is 0.496 e. The van der Waals surface area contributed by atoms with Gasteiger partial charge in [0.1, 0.15) is 36.7 Å². The minimum Gasteiger partial charge on any atom is -0.496 e. The Balaban J connectivity index is 2.50. The average Bonchev–Trinajstić information content (AvgIpc) is 2.43. The fourth-order valence-corrected chi connectivity index (χ4v) is 1.62. The molecule has 0 atom stereocenters. The summed E-state index contributed by atoms with van der Waals surface area (Å²) in [5, 5.41) is 17.5. The molecule has 0 aromatic heterocycles. The van der Waals surface area contributed by atoms with Crippen molar-refractivity contribution in [2.24, 2.45) is 0 Å². The molecule has 0 fully saturated rings. The molecule has 0 saturated carbocycles. The van der Waals surface area contributed by atoms with Crippen molar-refractivity contribution in [3.05, 3.63) is 23.3 Å². The van der Waals surface area contributed by atoms with Gasteiger partial charge in [0, 0.05) is 11.6 Å². The highest BCUT2D eigenvalue weighted by Gasteiger charge is 2.15. The first-order valence-electron chi connectivity index (χ1n) is 5.28. The predicted molar refractivity (Wildman–Crippen MR) is 63.2 cm³/mol. The van der Waals surface area contributed by atoms with Gasteiger partial charge in [0.15, 0.2) is 11.5 Å². The maximum atomic E-state index is 8.75. The van der Waals surface area contributed by atoms with E-state index in [1.54, 1.807) is 24.3 Å². The Kier molecular flexibility index (Phi) is 3.36. The van der Waals surface area contributed by atoms with Crippen molar-refractivity contribution in [2.45, 2.75) is 0 Å². The lowest BCUT2D eigenvalue weighted by atomic mass is 10.1. The normalized spacial score (nSPS) is 11.9. The van der Waals surface area contributed by atoms with Crippen LogP contribution in [0, 0.1) is 22.7 Å². The van der Waals surface area contributed by atoms with Crippen molar-refractivity contribution < 1.29 is 14.2 Å². The van der Waals surface area contributed by atoms with Gasteiger partial charge in [-0.3, -0.25) is 0 Å². The van der Waals surface area contributed by atoms with Gasteiger partial charge < -0.3 is 14.2 Å². The van der Waals surface area contributed by atoms with Gasteiger partial charge in [0.25, 0.3) is 0 Å². The molecule has 1 aromatic rings. The molecule has 0 spiro atoms. The molecular weight excluding hydrogens is 232 g/mol. The van der Waals surface area contributed by atoms with E-state index in [0.29, 0.717) is 36.0 Å². The zero-order chi connectivity index (χ0) is 13.0. The van der Waals surface area contributed by atoms with E-state index in [2.05, 4.69) is 0 Å². The van der Waals surface area contributed by atoms with E-state index < -0.39 is 0 Å². The number of benzene rings is 1. The Morgan fingerprint density at radius 2 is 1.83 bits per heavy atom. The maximum absolute atomic E-state index is 8.75. The summed E-state index contributed by atoms with van der Waals surface area (Å²) in [6, 6.07) is 6.99. The molecule has 0 bridgehead atoms. The molecular formula is C13H10N2O3. The third kappa shape index (κ3) is 2.21. The number of nitrogens with zero attached hydrogens (tertiary/aromatic N) is 2. The number of nitriles is 2. The number of rotatable bonds is 2. The third-order valence-electron chi connectivity index (χ3n) is 2.44. The quantitative estimate of drug-likeness (QED) is 0.740. The zero-order valence-electron chi connectivity index (χ0n) is 9.77. The van der Waals surface area contributed by atoms with Gasteiger partial charge in [-0.05, 0) is 12.1 Å². The second-order valence-electron chi connectivity index (χ2n) is 3.52. The molecule has 5 nitrogen and oxygen atoms in total. The molecule has 1 heterocycles. The first-order valence-corrected chi connectivity index (χ1v) is 5.28. The summed E-state index contributed by atoms with van der Waals surface area (Å²) in [4.78, 5) is 0. The van der Waals surface area contributed by atoms with Crippen molar-refractivity contribution in [1.29, 1.82) is 10.5 Å². The van der Waals surface area contributed by atoms with Crippen LogP contribution in [-0.4, -0.2) is 20.3 Å². The Morgan fingerprint density at radius 3 is 2.39 bits per heavy atom. The highest BCUT2D eigenvalue weighted by Crippen LogP contribution is 2.37. The SMILES string of the molecule is COc1cc2c(cc1C=C(C#N)C#N)OCCO2. The van der Waals surface area contributed by atoms with Crippen molar-refractivity contribution in [3.63, 3.8) is 0 Å². The Labute approximate surface area is 104 Å². The fourth-order valence-electron chi connectivity index (χ4n) is 1.62. The van der Waals surface area contributed by atoms with Crippen LogP contribution in [0.15, 0.2) is 17.7 Å². The lowest BCUT2D eigenvalue weighted by molar-refractivity contribution is 0.170. The van der Waals surface area contributed by atoms with Crippen LogP contribution in [0.25, 0.3) is 6.08 Å². The predicted octanol–water partition coefficient (Wildman–Crippen LogP) is 1.90. The van der Waals surface area contributed by atoms with Crippen LogP contribution < -0.4 is 14.2 Å². The third-order valence-corrected chi connectivity index (χ3v) is 2.44. The van der Waals surface area contributed by atoms with E-state index in [9.17, 15) is 0 Å². The van der Waals surface area contributed by atoms with E-state index >= 15 is 0 Å². The molecule has 2 rings (SSSR count). The highest BCUT2D eigenvalue weighted by atomic mass is 16.6. The van der Waals surface area contributed by atoms with Crippen LogP contribution in [0.4, 0.5) is 0 Å². The van der Waals surface area contributed by atoms with Gasteiger partial charge in [-0.15, -0.1) is 0 Å². The van der Waals surface area contributed by atoms with Crippen LogP contribution >= 0.6 is 0 Å². The standard InChI is InChI=1S/C13H10N2O3/c1-16-11-6-13-12(17-2-3-18-13)5-10(11)4-9(7-14)8-15/h4-6H,2-3H2,1H3. The highest BCUT2D eigenvalue weighted by molar-refractivity contribution is 5.69. The van der Waals surface area contributed by atoms with Gasteiger partial charge in [-0.1, -0.05) is 0 Å². The molecule has 90 valence electrons. The molecule has 1 aliphatic rings. The molecule has 0 N–H and O–H groups in total. The smallest absolute Gasteiger partial charge is 0.165 e. The summed E-state index contributed by atoms with van der Waals surface area (Å²) >= 11 is 0. The second-order valence-corrected chi connectivity index (χ2v) is 3.52. The molecule has 1 aromatic carbocycles. The summed E-state index contributed by atoms with van der Waals surface area (Å²) in [6.45, 7) is 0.971. The van der Waals surface area contributed by atoms with Gasteiger partial charge in [0.2, 0.25) is 0 Å². The summed E-state index contributed by atoms with van der Waals surface area (Å²) < 4.78 is 16.1. The zero-order valence-corrected chi connectivity index (χ0v) is 9.77. The van der Waals surface area contributed by atoms with Gasteiger partial charge >= 0.3 is 0 Å². The first kappa shape index (κ1) is 11.8. The molecule has 0 saturated heterocycles. The molecule has 0 unspecified atom stereocenters. The van der Waals surface area contributed by atoms with Crippen molar-refractivity contribution in [3.8, 4) is 29.4 Å². The van der Waals surface area contributed by atoms with Gasteiger partial charge in [0.05, 0.1) is 7.11 Å². The van der Waals surface area contributed by atoms with Crippen LogP contribution in [0.5, 0.6) is 17.2 Å². The van der Waals surface area contributed by atoms with E-state index in [0.717, 1.165) is 0 Å². The average molecular weight is 242 g/mol. The number of hydrogen-bond acceptors (Lipinski definition) is 5. The maximum Gasteiger partial charge on any atom is 0.165 e. The molecule has 0 amide bonds. The lowest BCUT2D eigenvalue weighted by Gasteiger charge is -2.19. The van der Waals surface area contributed by atoms with Crippen LogP contribution in [0.2, 0.25) is 0 Å². The Morgan fingerprint density at radius 1 is 1.22 bits per heavy atom. The van der Waals surface area contributed by atoms with E-state index in [4.69, 9.17) is 24.7 Å². The van der Waals surface area contributed by atoms with E-state index in [-0.39, 0.29) is 5.57 Å². The number of allylic oxidation sites excluding steroid dienone is 1. The van der Waals surface area contributed by atoms with Crippen molar-refractivity contribution >= 4 is 6.08 Å². The monoisotopic (exact) mass is 242 g/mol. The van der Waals surface area contributed by atoms with E-state index in [1.165, 1.54) is 13.2 Å². The summed E-state index contributed by atoms with van der Waals surface area (Å²) in [7, 11) is 1.52. The minimum absolute atomic E-state index is 0.00461. The molecule has 0 radical (unpaired) electrons. The van der Waals surface area contributed by atoms with E-state index in [1.807, 2.05) is 0 Å². The molecule has 5 heteroatoms. The molecule has 0 aliphatic carbocycles. The van der Waals surface area contributed by atoms with Crippen LogP contribution in [0.3, 0.4) is 0 Å². The second kappa shape index (κ2) is 5.11. The van der Waals surface area contributed by atoms with Crippen LogP contribution in [-0.2, 0) is 0 Å². The fraction of sp³-hybridized carbons (Fsp3) is 0.231. The van der Waals surface area contributed by atoms with Crippen molar-refractivity contribution in [1.82, 2.24) is 0 Å². The first-order chi connectivity index (χ1) is 8.78. The molecule has 1 aliphatic heterocycles. The van der Waals surface area contributed by atoms with Crippen LogP contribution in [0.1, 0.15) is 5.56 Å².